The van der Waals surface area contributed by atoms with E-state index in [0.717, 1.165) is 6.54 Å². The van der Waals surface area contributed by atoms with E-state index >= 15 is 0 Å². The van der Waals surface area contributed by atoms with E-state index in [2.05, 4.69) is 18.2 Å². The Labute approximate surface area is 72.4 Å². The van der Waals surface area contributed by atoms with Gasteiger partial charge in [0.2, 0.25) is 0 Å². The Hall–Kier alpha value is -0.150. The van der Waals surface area contributed by atoms with Crippen LogP contribution in [0.5, 0.6) is 0 Å². The van der Waals surface area contributed by atoms with Crippen molar-refractivity contribution in [3.05, 3.63) is 12.3 Å². The molecule has 0 amide bonds. The summed E-state index contributed by atoms with van der Waals surface area (Å²) in [7, 11) is 0. The summed E-state index contributed by atoms with van der Waals surface area (Å²) in [5, 5.41) is 5.39. The lowest BCUT2D eigenvalue weighted by Gasteiger charge is -2.00. The molecule has 1 rings (SSSR count). The fourth-order valence-corrected chi connectivity index (χ4v) is 0.842. The highest BCUT2D eigenvalue weighted by atomic mass is 79.9. The minimum absolute atomic E-state index is 0. The lowest BCUT2D eigenvalue weighted by molar-refractivity contribution is -0.851. The third-order valence-corrected chi connectivity index (χ3v) is 1.40. The molecular formula is C7H13BrN2. The summed E-state index contributed by atoms with van der Waals surface area (Å²) in [6, 6.07) is 0. The zero-order valence-electron chi connectivity index (χ0n) is 6.18. The van der Waals surface area contributed by atoms with Crippen molar-refractivity contribution in [2.24, 2.45) is 5.10 Å². The molecule has 0 aromatic rings. The number of quaternary nitrogens is 1. The van der Waals surface area contributed by atoms with Gasteiger partial charge >= 0.3 is 0 Å². The van der Waals surface area contributed by atoms with Crippen LogP contribution in [-0.4, -0.2) is 12.8 Å². The predicted octanol–water partition coefficient (Wildman–Crippen LogP) is -2.81. The van der Waals surface area contributed by atoms with Crippen molar-refractivity contribution < 1.29 is 22.0 Å². The fourth-order valence-electron chi connectivity index (χ4n) is 0.842. The van der Waals surface area contributed by atoms with Crippen LogP contribution >= 0.6 is 0 Å². The Morgan fingerprint density at radius 1 is 1.50 bits per heavy atom. The number of hydrogen-bond acceptors (Lipinski definition) is 1. The van der Waals surface area contributed by atoms with Crippen LogP contribution in [-0.2, 0) is 0 Å². The van der Waals surface area contributed by atoms with Gasteiger partial charge in [-0.2, -0.15) is 5.01 Å². The zero-order valence-corrected chi connectivity index (χ0v) is 7.76. The molecule has 0 aliphatic carbocycles. The zero-order chi connectivity index (χ0) is 6.53. The second kappa shape index (κ2) is 5.62. The van der Waals surface area contributed by atoms with Crippen molar-refractivity contribution in [1.29, 1.82) is 0 Å². The molecule has 0 spiro atoms. The first-order chi connectivity index (χ1) is 4.43. The van der Waals surface area contributed by atoms with Crippen molar-refractivity contribution in [2.45, 2.75) is 19.8 Å². The van der Waals surface area contributed by atoms with Gasteiger partial charge in [-0.25, -0.2) is 0 Å². The summed E-state index contributed by atoms with van der Waals surface area (Å²) in [6.45, 7) is 3.34. The van der Waals surface area contributed by atoms with E-state index in [-0.39, 0.29) is 17.0 Å². The van der Waals surface area contributed by atoms with E-state index < -0.39 is 0 Å². The van der Waals surface area contributed by atoms with Gasteiger partial charge in [0.1, 0.15) is 12.7 Å². The molecule has 0 aromatic heterocycles. The van der Waals surface area contributed by atoms with Crippen LogP contribution in [0.2, 0.25) is 0 Å². The average molecular weight is 205 g/mol. The van der Waals surface area contributed by atoms with Crippen LogP contribution in [0.1, 0.15) is 19.8 Å². The van der Waals surface area contributed by atoms with Gasteiger partial charge in [-0.1, -0.05) is 18.4 Å². The molecule has 1 N–H and O–H groups in total. The van der Waals surface area contributed by atoms with Gasteiger partial charge in [-0.3, -0.25) is 0 Å². The Morgan fingerprint density at radius 3 is 2.80 bits per heavy atom. The smallest absolute Gasteiger partial charge is 0.122 e. The molecule has 58 valence electrons. The standard InChI is InChI=1S/C7H12N2.BrH/c1-2-3-6-9-7-4-5-8-9;/h4-5,7H,2-3,6H2,1H3;1H. The minimum atomic E-state index is 0. The van der Waals surface area contributed by atoms with Crippen molar-refractivity contribution in [3.63, 3.8) is 0 Å². The van der Waals surface area contributed by atoms with Gasteiger partial charge in [0.15, 0.2) is 0 Å². The summed E-state index contributed by atoms with van der Waals surface area (Å²) < 4.78 is 0. The molecule has 0 saturated heterocycles. The molecule has 0 radical (unpaired) electrons. The van der Waals surface area contributed by atoms with Gasteiger partial charge < -0.3 is 17.0 Å². The summed E-state index contributed by atoms with van der Waals surface area (Å²) in [4.78, 5) is 0. The van der Waals surface area contributed by atoms with Crippen molar-refractivity contribution in [1.82, 2.24) is 0 Å². The fraction of sp³-hybridized carbons (Fsp3) is 0.571. The molecule has 10 heavy (non-hydrogen) atoms. The SMILES string of the molecule is CCCC[NH+]1C=CC=N1.[Br-]. The number of unbranched alkanes of at least 4 members (excludes halogenated alkanes) is 1. The van der Waals surface area contributed by atoms with E-state index in [1.54, 1.807) is 0 Å². The molecule has 1 unspecified atom stereocenters. The highest BCUT2D eigenvalue weighted by molar-refractivity contribution is 5.70. The van der Waals surface area contributed by atoms with Crippen LogP contribution < -0.4 is 22.0 Å². The van der Waals surface area contributed by atoms with Crippen LogP contribution in [0.25, 0.3) is 0 Å². The van der Waals surface area contributed by atoms with Crippen LogP contribution in [0.4, 0.5) is 0 Å². The third kappa shape index (κ3) is 3.13. The highest BCUT2D eigenvalue weighted by Crippen LogP contribution is 1.80. The number of nitrogens with one attached hydrogen (secondary N) is 1. The Balaban J connectivity index is 0.000000810. The Kier molecular flexibility index (Phi) is 5.54. The molecule has 3 heteroatoms. The molecule has 0 aromatic carbocycles. The number of nitrogens with zero attached hydrogens (tertiary/aromatic N) is 1. The maximum atomic E-state index is 4.15. The van der Waals surface area contributed by atoms with Crippen LogP contribution in [0.3, 0.4) is 0 Å². The first-order valence-corrected chi connectivity index (χ1v) is 3.50. The topological polar surface area (TPSA) is 16.8 Å². The van der Waals surface area contributed by atoms with E-state index in [9.17, 15) is 0 Å². The third-order valence-electron chi connectivity index (χ3n) is 1.40. The molecule has 0 saturated carbocycles. The predicted molar refractivity (Wildman–Crippen MR) is 38.4 cm³/mol. The maximum absolute atomic E-state index is 4.15. The summed E-state index contributed by atoms with van der Waals surface area (Å²) >= 11 is 0. The Bertz CT molecular complexity index is 120. The Morgan fingerprint density at radius 2 is 2.30 bits per heavy atom. The van der Waals surface area contributed by atoms with Crippen LogP contribution in [0.15, 0.2) is 17.4 Å². The molecule has 1 atom stereocenters. The molecule has 0 bridgehead atoms. The lowest BCUT2D eigenvalue weighted by atomic mass is 10.3. The van der Waals surface area contributed by atoms with Crippen molar-refractivity contribution >= 4 is 6.21 Å². The van der Waals surface area contributed by atoms with E-state index in [0.29, 0.717) is 0 Å². The number of allylic oxidation sites excluding steroid dienone is 1. The molecule has 2 nitrogen and oxygen atoms in total. The first-order valence-electron chi connectivity index (χ1n) is 3.50. The maximum Gasteiger partial charge on any atom is 0.122 e. The van der Waals surface area contributed by atoms with E-state index in [1.165, 1.54) is 17.9 Å². The number of halogens is 1. The van der Waals surface area contributed by atoms with Crippen molar-refractivity contribution in [3.8, 4) is 0 Å². The number of hydrogen-bond donors (Lipinski definition) is 1. The quantitative estimate of drug-likeness (QED) is 0.512. The number of rotatable bonds is 3. The van der Waals surface area contributed by atoms with E-state index in [1.807, 2.05) is 12.3 Å². The molecular weight excluding hydrogens is 192 g/mol. The largest absolute Gasteiger partial charge is 1.00 e. The van der Waals surface area contributed by atoms with Gasteiger partial charge in [0.25, 0.3) is 0 Å². The summed E-state index contributed by atoms with van der Waals surface area (Å²) in [5.41, 5.74) is 0. The molecule has 1 aliphatic rings. The second-order valence-corrected chi connectivity index (χ2v) is 2.23. The summed E-state index contributed by atoms with van der Waals surface area (Å²) in [6.07, 6.45) is 8.44. The highest BCUT2D eigenvalue weighted by Gasteiger charge is 2.02. The van der Waals surface area contributed by atoms with Gasteiger partial charge in [0, 0.05) is 6.08 Å². The van der Waals surface area contributed by atoms with Gasteiger partial charge in [0.05, 0.1) is 6.21 Å². The van der Waals surface area contributed by atoms with E-state index in [4.69, 9.17) is 0 Å². The van der Waals surface area contributed by atoms with Crippen LogP contribution in [0, 0.1) is 0 Å². The normalized spacial score (nSPS) is 21.1. The monoisotopic (exact) mass is 204 g/mol. The van der Waals surface area contributed by atoms with Crippen molar-refractivity contribution in [2.75, 3.05) is 6.54 Å². The first kappa shape index (κ1) is 9.85. The van der Waals surface area contributed by atoms with Gasteiger partial charge in [-0.15, -0.1) is 0 Å². The van der Waals surface area contributed by atoms with Gasteiger partial charge in [-0.05, 0) is 6.42 Å². The minimum Gasteiger partial charge on any atom is -1.00 e. The summed E-state index contributed by atoms with van der Waals surface area (Å²) in [5.74, 6) is 0. The average Bonchev–Trinajstić information content (AvgIpc) is 2.34. The molecule has 0 fully saturated rings. The lowest BCUT2D eigenvalue weighted by Crippen LogP contribution is -3.01. The molecule has 1 heterocycles. The molecule has 1 aliphatic heterocycles. The second-order valence-electron chi connectivity index (χ2n) is 2.23.